The molecule has 3 aromatic rings. The normalized spacial score (nSPS) is 28.4. The molecule has 1 N–H and O–H groups in total. The van der Waals surface area contributed by atoms with Crippen LogP contribution in [0.25, 0.3) is 11.3 Å². The summed E-state index contributed by atoms with van der Waals surface area (Å²) < 4.78 is 13.5. The SMILES string of the molecule is C[C@H](NCc1nn(Cc2ccc(F)cc2Cl)nc1-c1ccccc1)C12CC3CC(CC(C3)C1)C2. The predicted octanol–water partition coefficient (Wildman–Crippen LogP) is 6.48. The van der Waals surface area contributed by atoms with Gasteiger partial charge in [0, 0.05) is 23.2 Å². The zero-order chi connectivity index (χ0) is 23.3. The van der Waals surface area contributed by atoms with Crippen LogP contribution in [0, 0.1) is 29.0 Å². The molecule has 34 heavy (non-hydrogen) atoms. The largest absolute Gasteiger partial charge is 0.308 e. The van der Waals surface area contributed by atoms with Crippen LogP contribution in [0.15, 0.2) is 48.5 Å². The van der Waals surface area contributed by atoms with Crippen molar-refractivity contribution in [2.45, 2.75) is 64.6 Å². The lowest BCUT2D eigenvalue weighted by Gasteiger charge is -2.59. The molecule has 4 fully saturated rings. The van der Waals surface area contributed by atoms with Gasteiger partial charge in [-0.25, -0.2) is 4.39 Å². The summed E-state index contributed by atoms with van der Waals surface area (Å²) in [4.78, 5) is 1.69. The number of halogens is 2. The Morgan fingerprint density at radius 1 is 1.03 bits per heavy atom. The third kappa shape index (κ3) is 4.18. The molecule has 1 atom stereocenters. The van der Waals surface area contributed by atoms with Crippen molar-refractivity contribution in [3.63, 3.8) is 0 Å². The van der Waals surface area contributed by atoms with E-state index in [4.69, 9.17) is 21.8 Å². The van der Waals surface area contributed by atoms with Gasteiger partial charge in [0.15, 0.2) is 0 Å². The third-order valence-corrected chi connectivity index (χ3v) is 9.03. The molecule has 6 heteroatoms. The first-order valence-corrected chi connectivity index (χ1v) is 13.0. The number of rotatable bonds is 7. The quantitative estimate of drug-likeness (QED) is 0.422. The lowest BCUT2D eigenvalue weighted by Crippen LogP contribution is -2.54. The van der Waals surface area contributed by atoms with E-state index in [2.05, 4.69) is 24.4 Å². The van der Waals surface area contributed by atoms with Gasteiger partial charge in [0.25, 0.3) is 0 Å². The maximum absolute atomic E-state index is 13.5. The Labute approximate surface area is 205 Å². The minimum Gasteiger partial charge on any atom is -0.308 e. The van der Waals surface area contributed by atoms with Gasteiger partial charge in [0.1, 0.15) is 17.2 Å². The summed E-state index contributed by atoms with van der Waals surface area (Å²) in [7, 11) is 0. The monoisotopic (exact) mass is 478 g/mol. The lowest BCUT2D eigenvalue weighted by atomic mass is 9.48. The summed E-state index contributed by atoms with van der Waals surface area (Å²) in [6.07, 6.45) is 8.54. The first-order valence-electron chi connectivity index (χ1n) is 12.6. The standard InChI is InChI=1S/C28H32ClFN4/c1-18(28-13-19-9-20(14-28)11-21(10-19)15-28)31-16-26-27(22-5-3-2-4-6-22)33-34(32-26)17-23-7-8-24(30)12-25(23)29/h2-8,12,18-21,31H,9-11,13-17H2,1H3/t18-,19?,20?,21?,28?/m0/s1. The van der Waals surface area contributed by atoms with Gasteiger partial charge in [0.05, 0.1) is 6.54 Å². The number of hydrogen-bond donors (Lipinski definition) is 1. The highest BCUT2D eigenvalue weighted by atomic mass is 35.5. The zero-order valence-electron chi connectivity index (χ0n) is 19.7. The van der Waals surface area contributed by atoms with Crippen LogP contribution < -0.4 is 5.32 Å². The third-order valence-electron chi connectivity index (χ3n) is 8.68. The number of nitrogens with one attached hydrogen (secondary N) is 1. The summed E-state index contributed by atoms with van der Waals surface area (Å²) in [6.45, 7) is 3.48. The molecule has 4 aliphatic carbocycles. The summed E-state index contributed by atoms with van der Waals surface area (Å²) in [6, 6.07) is 15.2. The van der Waals surface area contributed by atoms with Crippen LogP contribution in [0.1, 0.15) is 56.7 Å². The number of benzene rings is 2. The molecule has 0 saturated heterocycles. The summed E-state index contributed by atoms with van der Waals surface area (Å²) >= 11 is 6.27. The Kier molecular flexibility index (Phi) is 5.73. The Bertz CT molecular complexity index is 1140. The van der Waals surface area contributed by atoms with Gasteiger partial charge in [-0.15, -0.1) is 0 Å². The van der Waals surface area contributed by atoms with Gasteiger partial charge in [-0.2, -0.15) is 15.0 Å². The average molecular weight is 479 g/mol. The fraction of sp³-hybridized carbons (Fsp3) is 0.500. The lowest BCUT2D eigenvalue weighted by molar-refractivity contribution is -0.0707. The Hall–Kier alpha value is -2.24. The molecule has 2 aromatic carbocycles. The molecule has 0 unspecified atom stereocenters. The van der Waals surface area contributed by atoms with E-state index in [0.717, 1.165) is 40.3 Å². The van der Waals surface area contributed by atoms with Crippen molar-refractivity contribution in [2.75, 3.05) is 0 Å². The second kappa shape index (κ2) is 8.76. The maximum atomic E-state index is 13.5. The van der Waals surface area contributed by atoms with Crippen LogP contribution in [-0.4, -0.2) is 21.0 Å². The van der Waals surface area contributed by atoms with E-state index in [1.807, 2.05) is 18.2 Å². The number of nitrogens with zero attached hydrogens (tertiary/aromatic N) is 3. The first kappa shape index (κ1) is 22.2. The van der Waals surface area contributed by atoms with Crippen LogP contribution in [-0.2, 0) is 13.1 Å². The van der Waals surface area contributed by atoms with Crippen molar-refractivity contribution >= 4 is 11.6 Å². The molecular formula is C28H32ClFN4. The Morgan fingerprint density at radius 3 is 2.35 bits per heavy atom. The fourth-order valence-corrected chi connectivity index (χ4v) is 7.60. The van der Waals surface area contributed by atoms with E-state index in [0.29, 0.717) is 29.6 Å². The Balaban J connectivity index is 1.24. The van der Waals surface area contributed by atoms with Gasteiger partial charge in [-0.3, -0.25) is 0 Å². The van der Waals surface area contributed by atoms with E-state index in [-0.39, 0.29) is 5.82 Å². The van der Waals surface area contributed by atoms with Gasteiger partial charge < -0.3 is 5.32 Å². The molecule has 178 valence electrons. The van der Waals surface area contributed by atoms with Gasteiger partial charge in [-0.1, -0.05) is 48.0 Å². The molecule has 0 amide bonds. The van der Waals surface area contributed by atoms with E-state index in [9.17, 15) is 4.39 Å². The fourth-order valence-electron chi connectivity index (χ4n) is 7.37. The van der Waals surface area contributed by atoms with Crippen LogP contribution >= 0.6 is 11.6 Å². The zero-order valence-corrected chi connectivity index (χ0v) is 20.4. The van der Waals surface area contributed by atoms with E-state index in [1.165, 1.54) is 50.7 Å². The molecule has 4 bridgehead atoms. The average Bonchev–Trinajstić information content (AvgIpc) is 3.22. The van der Waals surface area contributed by atoms with Crippen molar-refractivity contribution in [1.29, 1.82) is 0 Å². The number of aromatic nitrogens is 3. The van der Waals surface area contributed by atoms with Crippen molar-refractivity contribution in [1.82, 2.24) is 20.3 Å². The van der Waals surface area contributed by atoms with Crippen LogP contribution in [0.4, 0.5) is 4.39 Å². The molecular weight excluding hydrogens is 447 g/mol. The van der Waals surface area contributed by atoms with E-state index in [1.54, 1.807) is 10.9 Å². The van der Waals surface area contributed by atoms with Crippen molar-refractivity contribution < 1.29 is 4.39 Å². The van der Waals surface area contributed by atoms with Crippen LogP contribution in [0.3, 0.4) is 0 Å². The Morgan fingerprint density at radius 2 is 1.71 bits per heavy atom. The molecule has 1 aromatic heterocycles. The van der Waals surface area contributed by atoms with Crippen LogP contribution in [0.5, 0.6) is 0 Å². The van der Waals surface area contributed by atoms with Gasteiger partial charge in [0.2, 0.25) is 0 Å². The van der Waals surface area contributed by atoms with Crippen LogP contribution in [0.2, 0.25) is 5.02 Å². The molecule has 4 saturated carbocycles. The van der Waals surface area contributed by atoms with Crippen molar-refractivity contribution in [3.05, 3.63) is 70.6 Å². The molecule has 7 rings (SSSR count). The van der Waals surface area contributed by atoms with E-state index < -0.39 is 0 Å². The maximum Gasteiger partial charge on any atom is 0.124 e. The molecule has 1 heterocycles. The number of hydrogen-bond acceptors (Lipinski definition) is 3. The first-order chi connectivity index (χ1) is 16.5. The molecule has 0 spiro atoms. The second-order valence-electron chi connectivity index (χ2n) is 11.0. The van der Waals surface area contributed by atoms with Crippen molar-refractivity contribution in [3.8, 4) is 11.3 Å². The molecule has 4 aliphatic rings. The van der Waals surface area contributed by atoms with Crippen molar-refractivity contribution in [2.24, 2.45) is 23.2 Å². The summed E-state index contributed by atoms with van der Waals surface area (Å²) in [5.74, 6) is 2.49. The second-order valence-corrected chi connectivity index (χ2v) is 11.4. The highest BCUT2D eigenvalue weighted by Crippen LogP contribution is 2.61. The summed E-state index contributed by atoms with van der Waals surface area (Å²) in [5.41, 5.74) is 4.14. The molecule has 0 aliphatic heterocycles. The molecule has 4 nitrogen and oxygen atoms in total. The highest BCUT2D eigenvalue weighted by molar-refractivity contribution is 6.31. The topological polar surface area (TPSA) is 42.7 Å². The summed E-state index contributed by atoms with van der Waals surface area (Å²) in [5, 5.41) is 13.9. The smallest absolute Gasteiger partial charge is 0.124 e. The minimum atomic E-state index is -0.337. The van der Waals surface area contributed by atoms with Gasteiger partial charge in [-0.05, 0) is 86.3 Å². The van der Waals surface area contributed by atoms with Gasteiger partial charge >= 0.3 is 0 Å². The highest BCUT2D eigenvalue weighted by Gasteiger charge is 2.52. The molecule has 0 radical (unpaired) electrons. The predicted molar refractivity (Wildman–Crippen MR) is 133 cm³/mol. The van der Waals surface area contributed by atoms with E-state index >= 15 is 0 Å². The minimum absolute atomic E-state index is 0.337.